The van der Waals surface area contributed by atoms with Crippen LogP contribution in [0.25, 0.3) is 0 Å². The Kier molecular flexibility index (Phi) is 18.0. The molecule has 13 nitrogen and oxygen atoms in total. The molecule has 1 fully saturated rings. The Labute approximate surface area is 418 Å². The number of aromatic nitrogens is 6. The first kappa shape index (κ1) is 55.1. The third kappa shape index (κ3) is 14.9. The summed E-state index contributed by atoms with van der Waals surface area (Å²) in [6.07, 6.45) is -11.9. The minimum atomic E-state index is -4.59. The second kappa shape index (κ2) is 22.5. The van der Waals surface area contributed by atoms with Crippen LogP contribution in [0.2, 0.25) is 30.1 Å². The summed E-state index contributed by atoms with van der Waals surface area (Å²) in [5.41, 5.74) is -1.38. The van der Waals surface area contributed by atoms with E-state index in [1.165, 1.54) is 19.1 Å². The van der Waals surface area contributed by atoms with Crippen LogP contribution in [0.15, 0.2) is 54.6 Å². The van der Waals surface area contributed by atoms with Gasteiger partial charge in [-0.1, -0.05) is 69.6 Å². The molecule has 0 bridgehead atoms. The van der Waals surface area contributed by atoms with Crippen molar-refractivity contribution in [1.82, 2.24) is 35.1 Å². The van der Waals surface area contributed by atoms with Crippen molar-refractivity contribution < 1.29 is 68.1 Å². The SMILES string of the molecule is Cc1cc(Oc2c(Cl)cc(C(F)(F)F)cc2Cl)n[nH]1.Cc1cc(Oc2c(Cl)cc(C(F)(F)F)cc2Cl)nn1C(=O)Cl.Cc1cc(Oc2c(Cl)cc(C(F)(F)F)cc2Cl)nn1C(=O)NCC1CCCO1. The maximum absolute atomic E-state index is 12.8. The van der Waals surface area contributed by atoms with Gasteiger partial charge in [0, 0.05) is 42.7 Å². The van der Waals surface area contributed by atoms with Gasteiger partial charge in [-0.3, -0.25) is 9.89 Å². The minimum Gasteiger partial charge on any atom is -0.434 e. The van der Waals surface area contributed by atoms with Crippen molar-refractivity contribution in [2.45, 2.75) is 58.2 Å². The molecule has 1 aliphatic rings. The number of ether oxygens (including phenoxy) is 4. The first-order valence-electron chi connectivity index (χ1n) is 19.0. The Morgan fingerprint density at radius 3 is 1.33 bits per heavy atom. The molecule has 1 atom stereocenters. The topological polar surface area (TPSA) is 147 Å². The molecule has 3 aromatic heterocycles. The van der Waals surface area contributed by atoms with Gasteiger partial charge >= 0.3 is 29.9 Å². The zero-order valence-electron chi connectivity index (χ0n) is 34.8. The molecular formula is C40H29Cl7F9N7O6. The van der Waals surface area contributed by atoms with Crippen LogP contribution >= 0.6 is 81.2 Å². The third-order valence-electron chi connectivity index (χ3n) is 8.87. The van der Waals surface area contributed by atoms with Gasteiger partial charge in [0.15, 0.2) is 17.2 Å². The van der Waals surface area contributed by atoms with Crippen LogP contribution in [0.1, 0.15) is 46.6 Å². The average Bonchev–Trinajstić information content (AvgIpc) is 4.06. The summed E-state index contributed by atoms with van der Waals surface area (Å²) in [5.74, 6) is -0.406. The molecule has 0 aliphatic carbocycles. The molecule has 69 heavy (non-hydrogen) atoms. The molecule has 372 valence electrons. The average molecular weight is 1120 g/mol. The maximum Gasteiger partial charge on any atom is 0.416 e. The lowest BCUT2D eigenvalue weighted by molar-refractivity contribution is -0.138. The molecule has 1 amide bonds. The van der Waals surface area contributed by atoms with E-state index in [9.17, 15) is 49.1 Å². The fraction of sp³-hybridized carbons (Fsp3) is 0.275. The molecule has 3 aromatic carbocycles. The maximum atomic E-state index is 12.8. The number of aryl methyl sites for hydroxylation is 3. The van der Waals surface area contributed by atoms with Crippen molar-refractivity contribution in [2.24, 2.45) is 0 Å². The summed E-state index contributed by atoms with van der Waals surface area (Å²) in [5, 5.41) is 14.2. The molecule has 1 aliphatic heterocycles. The summed E-state index contributed by atoms with van der Waals surface area (Å²) < 4.78 is 137. The Morgan fingerprint density at radius 2 is 1.01 bits per heavy atom. The molecule has 0 saturated carbocycles. The van der Waals surface area contributed by atoms with Crippen molar-refractivity contribution >= 4 is 92.6 Å². The Bertz CT molecular complexity index is 2760. The number of nitrogens with zero attached hydrogens (tertiary/aromatic N) is 5. The van der Waals surface area contributed by atoms with Gasteiger partial charge < -0.3 is 24.3 Å². The highest BCUT2D eigenvalue weighted by Gasteiger charge is 2.35. The van der Waals surface area contributed by atoms with Crippen molar-refractivity contribution in [3.05, 3.63) is 119 Å². The molecule has 7 rings (SSSR count). The number of alkyl halides is 9. The van der Waals surface area contributed by atoms with E-state index >= 15 is 0 Å². The lowest BCUT2D eigenvalue weighted by Crippen LogP contribution is -2.35. The lowest BCUT2D eigenvalue weighted by Gasteiger charge is -2.12. The van der Waals surface area contributed by atoms with Crippen LogP contribution in [0.4, 0.5) is 49.1 Å². The van der Waals surface area contributed by atoms with Crippen LogP contribution < -0.4 is 19.5 Å². The van der Waals surface area contributed by atoms with Crippen molar-refractivity contribution in [1.29, 1.82) is 0 Å². The Hall–Kier alpha value is -4.81. The molecule has 6 aromatic rings. The Balaban J connectivity index is 0.000000197. The number of nitrogens with one attached hydrogen (secondary N) is 2. The number of carbonyl (C=O) groups is 2. The fourth-order valence-electron chi connectivity index (χ4n) is 5.68. The van der Waals surface area contributed by atoms with E-state index < -0.39 is 46.6 Å². The predicted octanol–water partition coefficient (Wildman–Crippen LogP) is 15.4. The van der Waals surface area contributed by atoms with Crippen LogP contribution in [0.3, 0.4) is 0 Å². The normalized spacial score (nSPS) is 13.8. The number of carbonyl (C=O) groups excluding carboxylic acids is 2. The summed E-state index contributed by atoms with van der Waals surface area (Å²) in [4.78, 5) is 23.3. The van der Waals surface area contributed by atoms with Crippen molar-refractivity contribution in [3.8, 4) is 34.9 Å². The number of hydrogen-bond acceptors (Lipinski definition) is 9. The van der Waals surface area contributed by atoms with E-state index in [1.807, 2.05) is 0 Å². The largest absolute Gasteiger partial charge is 0.434 e. The minimum absolute atomic E-state index is 0.0275. The number of aromatic amines is 1. The zero-order valence-corrected chi connectivity index (χ0v) is 40.1. The summed E-state index contributed by atoms with van der Waals surface area (Å²) >= 11 is 40.1. The molecule has 29 heteroatoms. The summed E-state index contributed by atoms with van der Waals surface area (Å²) in [6, 6.07) is 8.16. The van der Waals surface area contributed by atoms with Gasteiger partial charge in [0.1, 0.15) is 0 Å². The monoisotopic (exact) mass is 1120 g/mol. The van der Waals surface area contributed by atoms with E-state index in [2.05, 4.69) is 25.7 Å². The Morgan fingerprint density at radius 1 is 0.638 bits per heavy atom. The van der Waals surface area contributed by atoms with Crippen molar-refractivity contribution in [3.63, 3.8) is 0 Å². The summed E-state index contributed by atoms with van der Waals surface area (Å²) in [7, 11) is 0. The quantitative estimate of drug-likeness (QED) is 0.112. The van der Waals surface area contributed by atoms with Gasteiger partial charge in [-0.15, -0.1) is 15.3 Å². The summed E-state index contributed by atoms with van der Waals surface area (Å²) in [6.45, 7) is 5.94. The molecule has 0 spiro atoms. The van der Waals surface area contributed by atoms with E-state index in [0.29, 0.717) is 48.8 Å². The number of rotatable bonds is 8. The number of amides is 1. The van der Waals surface area contributed by atoms with Gasteiger partial charge in [-0.05, 0) is 81.6 Å². The van der Waals surface area contributed by atoms with Gasteiger partial charge in [0.2, 0.25) is 17.6 Å². The molecule has 2 N–H and O–H groups in total. The second-order valence-electron chi connectivity index (χ2n) is 14.1. The zero-order chi connectivity index (χ0) is 51.3. The highest BCUT2D eigenvalue weighted by atomic mass is 35.5. The highest BCUT2D eigenvalue weighted by molar-refractivity contribution is 6.63. The standard InChI is InChI=1S/C17H16Cl2F3N3O3.C12H6Cl3F3N2O2.C11H7Cl2F3N2O/c1-9-5-14(24-25(9)16(26)23-8-11-3-2-4-27-11)28-15-12(18)6-10(7-13(15)19)17(20,21)22;1-5-2-9(19-20(5)11(15)21)22-10-7(13)3-6(4-8(10)14)12(16,17)18;1-5-2-9(18-17-5)19-10-7(12)3-6(4-8(10)13)11(14,15)16/h5-7,11H,2-4,8H2,1H3,(H,23,26);2-4H,1H3;2-4H,1H3,(H,17,18). The predicted molar refractivity (Wildman–Crippen MR) is 236 cm³/mol. The van der Waals surface area contributed by atoms with Crippen LogP contribution in [0, 0.1) is 20.8 Å². The number of halogens is 16. The van der Waals surface area contributed by atoms with E-state index in [0.717, 1.165) is 40.0 Å². The highest BCUT2D eigenvalue weighted by Crippen LogP contribution is 2.44. The number of hydrogen-bond donors (Lipinski definition) is 2. The lowest BCUT2D eigenvalue weighted by atomic mass is 10.2. The first-order valence-corrected chi connectivity index (χ1v) is 21.6. The van der Waals surface area contributed by atoms with E-state index in [4.69, 9.17) is 100 Å². The van der Waals surface area contributed by atoms with Gasteiger partial charge in [-0.2, -0.15) is 48.9 Å². The fourth-order valence-corrected chi connectivity index (χ4v) is 7.54. The third-order valence-corrected chi connectivity index (χ3v) is 10.7. The van der Waals surface area contributed by atoms with Crippen LogP contribution in [-0.4, -0.2) is 60.4 Å². The number of H-pyrrole nitrogens is 1. The molecule has 0 radical (unpaired) electrons. The van der Waals surface area contributed by atoms with Crippen LogP contribution in [0.5, 0.6) is 34.9 Å². The van der Waals surface area contributed by atoms with Crippen molar-refractivity contribution in [2.75, 3.05) is 13.2 Å². The van der Waals surface area contributed by atoms with Gasteiger partial charge in [0.25, 0.3) is 0 Å². The molecule has 1 unspecified atom stereocenters. The molecule has 4 heterocycles. The second-order valence-corrected chi connectivity index (χ2v) is 16.9. The van der Waals surface area contributed by atoms with Gasteiger partial charge in [-0.25, -0.2) is 4.79 Å². The molecular weight excluding hydrogens is 1090 g/mol. The van der Waals surface area contributed by atoms with E-state index in [-0.39, 0.29) is 71.1 Å². The van der Waals surface area contributed by atoms with Crippen LogP contribution in [-0.2, 0) is 23.3 Å². The van der Waals surface area contributed by atoms with E-state index in [1.54, 1.807) is 19.9 Å². The smallest absolute Gasteiger partial charge is 0.416 e. The molecule has 1 saturated heterocycles. The number of benzene rings is 3. The first-order chi connectivity index (χ1) is 32.0. The van der Waals surface area contributed by atoms with Gasteiger partial charge in [0.05, 0.1) is 58.6 Å².